The van der Waals surface area contributed by atoms with Crippen molar-refractivity contribution >= 4 is 27.3 Å². The molecule has 0 bridgehead atoms. The largest absolute Gasteiger partial charge is 0.454 e. The summed E-state index contributed by atoms with van der Waals surface area (Å²) in [5.41, 5.74) is 3.12. The Balaban J connectivity index is 1.61. The molecule has 0 saturated carbocycles. The molecule has 0 saturated heterocycles. The van der Waals surface area contributed by atoms with Gasteiger partial charge in [0, 0.05) is 24.7 Å². The van der Waals surface area contributed by atoms with Crippen LogP contribution < -0.4 is 19.1 Å². The average Bonchev–Trinajstić information content (AvgIpc) is 3.08. The number of carbonyl (C=O) groups is 1. The molecular weight excluding hydrogens is 380 g/mol. The minimum Gasteiger partial charge on any atom is -0.454 e. The lowest BCUT2D eigenvalue weighted by molar-refractivity contribution is -0.116. The molecule has 7 nitrogen and oxygen atoms in total. The first kappa shape index (κ1) is 20.0. The van der Waals surface area contributed by atoms with Gasteiger partial charge in [0.2, 0.25) is 22.7 Å². The molecule has 8 heteroatoms. The maximum absolute atomic E-state index is 12.3. The van der Waals surface area contributed by atoms with E-state index in [4.69, 9.17) is 9.47 Å². The smallest absolute Gasteiger partial charge is 0.232 e. The Morgan fingerprint density at radius 2 is 1.86 bits per heavy atom. The zero-order valence-electron chi connectivity index (χ0n) is 16.2. The quantitative estimate of drug-likeness (QED) is 0.766. The third kappa shape index (κ3) is 4.75. The van der Waals surface area contributed by atoms with Gasteiger partial charge in [-0.1, -0.05) is 12.1 Å². The summed E-state index contributed by atoms with van der Waals surface area (Å²) in [7, 11) is -3.45. The SMILES string of the molecule is Cc1ccc(C)c(N(CCCC(=O)Nc2ccc3c(c2)OCO3)S(C)(=O)=O)c1. The molecule has 0 aliphatic carbocycles. The van der Waals surface area contributed by atoms with Crippen LogP contribution in [0.3, 0.4) is 0 Å². The summed E-state index contributed by atoms with van der Waals surface area (Å²) in [6.45, 7) is 4.20. The molecule has 1 N–H and O–H groups in total. The summed E-state index contributed by atoms with van der Waals surface area (Å²) in [4.78, 5) is 12.3. The highest BCUT2D eigenvalue weighted by Crippen LogP contribution is 2.34. The van der Waals surface area contributed by atoms with Crippen molar-refractivity contribution in [1.82, 2.24) is 0 Å². The zero-order chi connectivity index (χ0) is 20.3. The van der Waals surface area contributed by atoms with Gasteiger partial charge in [0.05, 0.1) is 11.9 Å². The Kier molecular flexibility index (Phi) is 5.79. The number of fused-ring (bicyclic) bond motifs is 1. The Morgan fingerprint density at radius 3 is 2.61 bits per heavy atom. The molecule has 2 aromatic rings. The van der Waals surface area contributed by atoms with Crippen LogP contribution in [0, 0.1) is 13.8 Å². The van der Waals surface area contributed by atoms with E-state index in [0.29, 0.717) is 29.3 Å². The lowest BCUT2D eigenvalue weighted by Crippen LogP contribution is -2.32. The maximum atomic E-state index is 12.3. The Hall–Kier alpha value is -2.74. The summed E-state index contributed by atoms with van der Waals surface area (Å²) < 4.78 is 36.4. The number of rotatable bonds is 7. The molecule has 1 aliphatic heterocycles. The van der Waals surface area contributed by atoms with Crippen molar-refractivity contribution < 1.29 is 22.7 Å². The van der Waals surface area contributed by atoms with Crippen LogP contribution in [-0.4, -0.2) is 33.9 Å². The summed E-state index contributed by atoms with van der Waals surface area (Å²) in [5.74, 6) is 1.06. The van der Waals surface area contributed by atoms with Crippen LogP contribution in [0.5, 0.6) is 11.5 Å². The zero-order valence-corrected chi connectivity index (χ0v) is 17.0. The van der Waals surface area contributed by atoms with Crippen molar-refractivity contribution in [2.24, 2.45) is 0 Å². The molecule has 150 valence electrons. The first-order chi connectivity index (χ1) is 13.2. The van der Waals surface area contributed by atoms with E-state index in [0.717, 1.165) is 11.1 Å². The number of benzene rings is 2. The molecule has 0 fully saturated rings. The Bertz CT molecular complexity index is 988. The highest BCUT2D eigenvalue weighted by atomic mass is 32.2. The van der Waals surface area contributed by atoms with Crippen molar-refractivity contribution in [3.05, 3.63) is 47.5 Å². The molecule has 0 unspecified atom stereocenters. The van der Waals surface area contributed by atoms with Gasteiger partial charge in [-0.3, -0.25) is 9.10 Å². The maximum Gasteiger partial charge on any atom is 0.232 e. The first-order valence-corrected chi connectivity index (χ1v) is 10.8. The van der Waals surface area contributed by atoms with Crippen LogP contribution in [0.2, 0.25) is 0 Å². The second kappa shape index (κ2) is 8.10. The predicted molar refractivity (Wildman–Crippen MR) is 109 cm³/mol. The van der Waals surface area contributed by atoms with Crippen LogP contribution >= 0.6 is 0 Å². The molecule has 2 aromatic carbocycles. The molecule has 1 heterocycles. The Labute approximate surface area is 165 Å². The van der Waals surface area contributed by atoms with Crippen molar-refractivity contribution in [3.63, 3.8) is 0 Å². The van der Waals surface area contributed by atoms with E-state index in [1.807, 2.05) is 32.0 Å². The number of anilines is 2. The van der Waals surface area contributed by atoms with Crippen LogP contribution in [0.1, 0.15) is 24.0 Å². The molecule has 1 amide bonds. The van der Waals surface area contributed by atoms with Crippen molar-refractivity contribution in [1.29, 1.82) is 0 Å². The second-order valence-corrected chi connectivity index (χ2v) is 8.75. The fourth-order valence-corrected chi connectivity index (χ4v) is 4.05. The molecule has 1 aliphatic rings. The van der Waals surface area contributed by atoms with Gasteiger partial charge in [0.1, 0.15) is 0 Å². The lowest BCUT2D eigenvalue weighted by atomic mass is 10.1. The van der Waals surface area contributed by atoms with E-state index in [9.17, 15) is 13.2 Å². The molecule has 3 rings (SSSR count). The van der Waals surface area contributed by atoms with Gasteiger partial charge in [-0.05, 0) is 49.6 Å². The molecular formula is C20H24N2O5S. The van der Waals surface area contributed by atoms with Crippen molar-refractivity contribution in [3.8, 4) is 11.5 Å². The van der Waals surface area contributed by atoms with E-state index in [-0.39, 0.29) is 25.7 Å². The second-order valence-electron chi connectivity index (χ2n) is 6.84. The molecule has 0 radical (unpaired) electrons. The molecule has 0 atom stereocenters. The van der Waals surface area contributed by atoms with E-state index in [1.54, 1.807) is 18.2 Å². The average molecular weight is 404 g/mol. The van der Waals surface area contributed by atoms with Crippen LogP contribution in [-0.2, 0) is 14.8 Å². The van der Waals surface area contributed by atoms with E-state index >= 15 is 0 Å². The minimum atomic E-state index is -3.45. The number of nitrogens with zero attached hydrogens (tertiary/aromatic N) is 1. The summed E-state index contributed by atoms with van der Waals surface area (Å²) in [5, 5.41) is 2.80. The lowest BCUT2D eigenvalue weighted by Gasteiger charge is -2.24. The standard InChI is InChI=1S/C20H24N2O5S/c1-14-6-7-15(2)17(11-14)22(28(3,24)25)10-4-5-20(23)21-16-8-9-18-19(12-16)27-13-26-18/h6-9,11-12H,4-5,10,13H2,1-3H3,(H,21,23). The first-order valence-electron chi connectivity index (χ1n) is 8.98. The van der Waals surface area contributed by atoms with Gasteiger partial charge in [0.15, 0.2) is 11.5 Å². The van der Waals surface area contributed by atoms with Gasteiger partial charge in [0.25, 0.3) is 0 Å². The number of aryl methyl sites for hydroxylation is 2. The molecule has 28 heavy (non-hydrogen) atoms. The fraction of sp³-hybridized carbons (Fsp3) is 0.350. The fourth-order valence-electron chi connectivity index (χ4n) is 3.03. The highest BCUT2D eigenvalue weighted by Gasteiger charge is 2.20. The summed E-state index contributed by atoms with van der Waals surface area (Å²) >= 11 is 0. The number of nitrogens with one attached hydrogen (secondary N) is 1. The number of ether oxygens (including phenoxy) is 2. The molecule has 0 spiro atoms. The molecule has 0 aromatic heterocycles. The number of amides is 1. The van der Waals surface area contributed by atoms with Gasteiger partial charge >= 0.3 is 0 Å². The van der Waals surface area contributed by atoms with Crippen molar-refractivity contribution in [2.45, 2.75) is 26.7 Å². The van der Waals surface area contributed by atoms with E-state index in [2.05, 4.69) is 5.32 Å². The van der Waals surface area contributed by atoms with E-state index < -0.39 is 10.0 Å². The van der Waals surface area contributed by atoms with E-state index in [1.165, 1.54) is 10.6 Å². The monoisotopic (exact) mass is 404 g/mol. The van der Waals surface area contributed by atoms with Crippen LogP contribution in [0.25, 0.3) is 0 Å². The van der Waals surface area contributed by atoms with Gasteiger partial charge in [-0.25, -0.2) is 8.42 Å². The third-order valence-electron chi connectivity index (χ3n) is 4.46. The number of carbonyl (C=O) groups excluding carboxylic acids is 1. The predicted octanol–water partition coefficient (Wildman–Crippen LogP) is 3.22. The Morgan fingerprint density at radius 1 is 1.11 bits per heavy atom. The topological polar surface area (TPSA) is 84.9 Å². The summed E-state index contributed by atoms with van der Waals surface area (Å²) in [6.07, 6.45) is 1.78. The summed E-state index contributed by atoms with van der Waals surface area (Å²) in [6, 6.07) is 10.9. The normalized spacial score (nSPS) is 12.7. The van der Waals surface area contributed by atoms with Gasteiger partial charge < -0.3 is 14.8 Å². The highest BCUT2D eigenvalue weighted by molar-refractivity contribution is 7.92. The third-order valence-corrected chi connectivity index (χ3v) is 5.63. The number of hydrogen-bond donors (Lipinski definition) is 1. The minimum absolute atomic E-state index is 0.173. The number of sulfonamides is 1. The van der Waals surface area contributed by atoms with Crippen LogP contribution in [0.15, 0.2) is 36.4 Å². The van der Waals surface area contributed by atoms with Gasteiger partial charge in [-0.15, -0.1) is 0 Å². The van der Waals surface area contributed by atoms with Gasteiger partial charge in [-0.2, -0.15) is 0 Å². The van der Waals surface area contributed by atoms with Crippen molar-refractivity contribution in [2.75, 3.05) is 29.2 Å². The van der Waals surface area contributed by atoms with Crippen LogP contribution in [0.4, 0.5) is 11.4 Å². The number of hydrogen-bond acceptors (Lipinski definition) is 5.